The SMILES string of the molecule is CC(=O)n1c(O)c(N=Nc2nc3c(nc2C)c(=O)n(C)c(=O)n3C)c2ccccc21. The summed E-state index contributed by atoms with van der Waals surface area (Å²) in [4.78, 5) is 45.0. The number of para-hydroxylation sites is 1. The third kappa shape index (κ3) is 2.70. The highest BCUT2D eigenvalue weighted by atomic mass is 16.3. The second-order valence-corrected chi connectivity index (χ2v) is 6.75. The highest BCUT2D eigenvalue weighted by Gasteiger charge is 2.19. The summed E-state index contributed by atoms with van der Waals surface area (Å²) in [6.45, 7) is 2.93. The highest BCUT2D eigenvalue weighted by molar-refractivity contribution is 6.01. The van der Waals surface area contributed by atoms with Crippen LogP contribution in [0, 0.1) is 6.92 Å². The van der Waals surface area contributed by atoms with Gasteiger partial charge in [0, 0.05) is 26.4 Å². The van der Waals surface area contributed by atoms with Gasteiger partial charge in [0.15, 0.2) is 22.7 Å². The number of benzene rings is 1. The second-order valence-electron chi connectivity index (χ2n) is 6.75. The van der Waals surface area contributed by atoms with E-state index in [4.69, 9.17) is 0 Å². The first-order valence-electron chi connectivity index (χ1n) is 8.91. The van der Waals surface area contributed by atoms with Crippen LogP contribution in [0.3, 0.4) is 0 Å². The predicted octanol–water partition coefficient (Wildman–Crippen LogP) is 2.07. The predicted molar refractivity (Wildman–Crippen MR) is 109 cm³/mol. The topological polar surface area (TPSA) is 137 Å². The molecular formula is C19H17N7O4. The molecular weight excluding hydrogens is 390 g/mol. The molecule has 0 amide bonds. The van der Waals surface area contributed by atoms with E-state index in [2.05, 4.69) is 20.2 Å². The van der Waals surface area contributed by atoms with Crippen molar-refractivity contribution in [3.8, 4) is 5.88 Å². The van der Waals surface area contributed by atoms with Crippen molar-refractivity contribution in [2.75, 3.05) is 0 Å². The molecule has 30 heavy (non-hydrogen) atoms. The molecule has 1 N–H and O–H groups in total. The van der Waals surface area contributed by atoms with Gasteiger partial charge < -0.3 is 5.11 Å². The maximum absolute atomic E-state index is 12.3. The quantitative estimate of drug-likeness (QED) is 0.505. The van der Waals surface area contributed by atoms with E-state index >= 15 is 0 Å². The fourth-order valence-electron chi connectivity index (χ4n) is 3.26. The third-order valence-corrected chi connectivity index (χ3v) is 4.81. The summed E-state index contributed by atoms with van der Waals surface area (Å²) in [5, 5.41) is 19.2. The Kier molecular flexibility index (Phi) is 4.30. The standard InChI is InChI=1S/C19H17N7O4/c1-9-15(21-16-14(20-9)17(28)25(4)19(30)24(16)3)23-22-13-11-7-5-6-8-12(11)26(10(2)27)18(13)29/h5-8,29H,1-4H3. The number of hydrogen-bond acceptors (Lipinski definition) is 8. The van der Waals surface area contributed by atoms with Crippen molar-refractivity contribution >= 4 is 39.5 Å². The lowest BCUT2D eigenvalue weighted by atomic mass is 10.2. The zero-order valence-electron chi connectivity index (χ0n) is 16.6. The molecule has 0 aliphatic rings. The number of carbonyl (C=O) groups is 1. The number of aromatic nitrogens is 5. The van der Waals surface area contributed by atoms with Gasteiger partial charge in [0.1, 0.15) is 0 Å². The minimum absolute atomic E-state index is 0.0343. The minimum Gasteiger partial charge on any atom is -0.493 e. The molecule has 1 aromatic carbocycles. The van der Waals surface area contributed by atoms with Crippen molar-refractivity contribution in [3.05, 3.63) is 50.8 Å². The van der Waals surface area contributed by atoms with Gasteiger partial charge in [-0.1, -0.05) is 18.2 Å². The molecule has 0 aliphatic heterocycles. The van der Waals surface area contributed by atoms with E-state index in [-0.39, 0.29) is 34.5 Å². The second kappa shape index (κ2) is 6.72. The number of aromatic hydroxyl groups is 1. The van der Waals surface area contributed by atoms with Gasteiger partial charge in [-0.15, -0.1) is 10.2 Å². The van der Waals surface area contributed by atoms with Gasteiger partial charge in [-0.25, -0.2) is 19.3 Å². The van der Waals surface area contributed by atoms with Gasteiger partial charge in [-0.2, -0.15) is 0 Å². The molecule has 4 rings (SSSR count). The van der Waals surface area contributed by atoms with Crippen LogP contribution in [0.4, 0.5) is 11.5 Å². The molecule has 0 unspecified atom stereocenters. The Labute approximate surface area is 168 Å². The number of rotatable bonds is 2. The Morgan fingerprint density at radius 1 is 1.07 bits per heavy atom. The summed E-state index contributed by atoms with van der Waals surface area (Å²) in [5.41, 5.74) is -0.101. The molecule has 0 saturated heterocycles. The molecule has 3 heterocycles. The fourth-order valence-corrected chi connectivity index (χ4v) is 3.26. The molecule has 152 valence electrons. The number of nitrogens with zero attached hydrogens (tertiary/aromatic N) is 7. The summed E-state index contributed by atoms with van der Waals surface area (Å²) in [6.07, 6.45) is 0. The van der Waals surface area contributed by atoms with Gasteiger partial charge in [-0.3, -0.25) is 18.7 Å². The molecule has 0 aliphatic carbocycles. The van der Waals surface area contributed by atoms with Crippen LogP contribution in [0.15, 0.2) is 44.1 Å². The van der Waals surface area contributed by atoms with E-state index in [0.29, 0.717) is 16.6 Å². The molecule has 11 heteroatoms. The Bertz CT molecular complexity index is 1510. The maximum atomic E-state index is 12.3. The van der Waals surface area contributed by atoms with E-state index in [1.807, 2.05) is 0 Å². The maximum Gasteiger partial charge on any atom is 0.332 e. The number of aryl methyl sites for hydroxylation is 2. The van der Waals surface area contributed by atoms with E-state index in [1.165, 1.54) is 25.6 Å². The fraction of sp³-hybridized carbons (Fsp3) is 0.211. The first-order chi connectivity index (χ1) is 14.2. The van der Waals surface area contributed by atoms with Crippen LogP contribution in [-0.2, 0) is 14.1 Å². The Balaban J connectivity index is 1.93. The van der Waals surface area contributed by atoms with Crippen molar-refractivity contribution < 1.29 is 9.90 Å². The third-order valence-electron chi connectivity index (χ3n) is 4.81. The molecule has 11 nitrogen and oxygen atoms in total. The lowest BCUT2D eigenvalue weighted by molar-refractivity contribution is 0.0933. The van der Waals surface area contributed by atoms with Gasteiger partial charge in [0.2, 0.25) is 11.8 Å². The lowest BCUT2D eigenvalue weighted by Gasteiger charge is -2.07. The van der Waals surface area contributed by atoms with E-state index in [0.717, 1.165) is 9.13 Å². The highest BCUT2D eigenvalue weighted by Crippen LogP contribution is 2.39. The summed E-state index contributed by atoms with van der Waals surface area (Å²) in [7, 11) is 2.84. The van der Waals surface area contributed by atoms with Crippen LogP contribution in [0.1, 0.15) is 17.4 Å². The van der Waals surface area contributed by atoms with Crippen molar-refractivity contribution in [2.24, 2.45) is 24.3 Å². The molecule has 0 saturated carbocycles. The van der Waals surface area contributed by atoms with Gasteiger partial charge in [0.05, 0.1) is 11.2 Å². The van der Waals surface area contributed by atoms with Crippen molar-refractivity contribution in [1.29, 1.82) is 0 Å². The summed E-state index contributed by atoms with van der Waals surface area (Å²) in [5.74, 6) is -0.650. The Morgan fingerprint density at radius 2 is 1.77 bits per heavy atom. The normalized spacial score (nSPS) is 11.7. The molecule has 0 radical (unpaired) electrons. The van der Waals surface area contributed by atoms with Crippen molar-refractivity contribution in [3.63, 3.8) is 0 Å². The zero-order chi connectivity index (χ0) is 21.7. The van der Waals surface area contributed by atoms with Crippen LogP contribution >= 0.6 is 0 Å². The first kappa shape index (κ1) is 19.2. The van der Waals surface area contributed by atoms with E-state index in [1.54, 1.807) is 31.2 Å². The average Bonchev–Trinajstić information content (AvgIpc) is 3.01. The minimum atomic E-state index is -0.561. The number of hydrogen-bond donors (Lipinski definition) is 1. The number of azo groups is 1. The lowest BCUT2D eigenvalue weighted by Crippen LogP contribution is -2.37. The van der Waals surface area contributed by atoms with Crippen molar-refractivity contribution in [2.45, 2.75) is 13.8 Å². The number of carbonyl (C=O) groups excluding carboxylic acids is 1. The summed E-state index contributed by atoms with van der Waals surface area (Å²) >= 11 is 0. The first-order valence-corrected chi connectivity index (χ1v) is 8.91. The van der Waals surface area contributed by atoms with Gasteiger partial charge in [-0.05, 0) is 13.0 Å². The zero-order valence-corrected chi connectivity index (χ0v) is 16.6. The van der Waals surface area contributed by atoms with E-state index < -0.39 is 11.2 Å². The Hall–Kier alpha value is -4.15. The molecule has 0 atom stereocenters. The summed E-state index contributed by atoms with van der Waals surface area (Å²) in [6, 6.07) is 6.87. The molecule has 0 fully saturated rings. The van der Waals surface area contributed by atoms with Crippen LogP contribution in [0.5, 0.6) is 5.88 Å². The van der Waals surface area contributed by atoms with Crippen LogP contribution in [0.25, 0.3) is 22.1 Å². The molecule has 0 bridgehead atoms. The van der Waals surface area contributed by atoms with Gasteiger partial charge in [0.25, 0.3) is 5.56 Å². The molecule has 0 spiro atoms. The largest absolute Gasteiger partial charge is 0.493 e. The molecule has 4 aromatic rings. The smallest absolute Gasteiger partial charge is 0.332 e. The van der Waals surface area contributed by atoms with Crippen LogP contribution in [0.2, 0.25) is 0 Å². The average molecular weight is 407 g/mol. The summed E-state index contributed by atoms with van der Waals surface area (Å²) < 4.78 is 3.28. The molecule has 3 aromatic heterocycles. The monoisotopic (exact) mass is 407 g/mol. The van der Waals surface area contributed by atoms with E-state index in [9.17, 15) is 19.5 Å². The Morgan fingerprint density at radius 3 is 2.47 bits per heavy atom. The van der Waals surface area contributed by atoms with Crippen molar-refractivity contribution in [1.82, 2.24) is 23.7 Å². The number of fused-ring (bicyclic) bond motifs is 2. The van der Waals surface area contributed by atoms with Crippen LogP contribution < -0.4 is 11.2 Å². The van der Waals surface area contributed by atoms with Crippen LogP contribution in [-0.4, -0.2) is 34.7 Å². The van der Waals surface area contributed by atoms with Gasteiger partial charge >= 0.3 is 5.69 Å².